The fourth-order valence-corrected chi connectivity index (χ4v) is 4.26. The first-order valence-corrected chi connectivity index (χ1v) is 8.88. The van der Waals surface area contributed by atoms with Crippen LogP contribution in [-0.2, 0) is 6.42 Å². The Hall–Kier alpha value is -0.860. The first kappa shape index (κ1) is 15.1. The Kier molecular flexibility index (Phi) is 4.97. The van der Waals surface area contributed by atoms with Gasteiger partial charge in [0, 0.05) is 18.1 Å². The molecule has 116 valence electrons. The van der Waals surface area contributed by atoms with Gasteiger partial charge in [0.25, 0.3) is 0 Å². The Labute approximate surface area is 129 Å². The molecule has 3 rings (SSSR count). The highest BCUT2D eigenvalue weighted by atomic mass is 15.2. The summed E-state index contributed by atoms with van der Waals surface area (Å²) in [6.07, 6.45) is 7.92. The van der Waals surface area contributed by atoms with Crippen LogP contribution in [0.1, 0.15) is 63.1 Å². The monoisotopic (exact) mass is 286 g/mol. The summed E-state index contributed by atoms with van der Waals surface area (Å²) in [5, 5.41) is 3.85. The predicted octanol–water partition coefficient (Wildman–Crippen LogP) is 3.92. The van der Waals surface area contributed by atoms with E-state index in [9.17, 15) is 0 Å². The molecule has 0 amide bonds. The third-order valence-electron chi connectivity index (χ3n) is 5.38. The van der Waals surface area contributed by atoms with Crippen LogP contribution in [0.5, 0.6) is 0 Å². The molecule has 0 aromatic heterocycles. The molecule has 21 heavy (non-hydrogen) atoms. The quantitative estimate of drug-likeness (QED) is 0.902. The van der Waals surface area contributed by atoms with Crippen molar-refractivity contribution in [3.8, 4) is 0 Å². The van der Waals surface area contributed by atoms with E-state index < -0.39 is 0 Å². The average molecular weight is 286 g/mol. The van der Waals surface area contributed by atoms with E-state index in [1.807, 2.05) is 0 Å². The van der Waals surface area contributed by atoms with Gasteiger partial charge < -0.3 is 5.32 Å². The van der Waals surface area contributed by atoms with Crippen LogP contribution in [0.3, 0.4) is 0 Å². The molecule has 0 spiro atoms. The van der Waals surface area contributed by atoms with E-state index in [2.05, 4.69) is 48.3 Å². The van der Waals surface area contributed by atoms with Gasteiger partial charge in [0.15, 0.2) is 0 Å². The lowest BCUT2D eigenvalue weighted by molar-refractivity contribution is 0.0708. The lowest BCUT2D eigenvalue weighted by Crippen LogP contribution is -2.52. The topological polar surface area (TPSA) is 15.3 Å². The minimum atomic E-state index is 0.524. The normalized spacial score (nSPS) is 30.1. The minimum absolute atomic E-state index is 0.524. The molecule has 1 aliphatic carbocycles. The van der Waals surface area contributed by atoms with Crippen LogP contribution in [0.2, 0.25) is 0 Å². The number of nitrogens with zero attached hydrogens (tertiary/aromatic N) is 1. The summed E-state index contributed by atoms with van der Waals surface area (Å²) >= 11 is 0. The first-order chi connectivity index (χ1) is 10.3. The Morgan fingerprint density at radius 3 is 2.86 bits per heavy atom. The highest BCUT2D eigenvalue weighted by Gasteiger charge is 2.35. The lowest BCUT2D eigenvalue weighted by Gasteiger charge is -2.46. The molecular formula is C19H30N2. The zero-order valence-corrected chi connectivity index (χ0v) is 13.6. The zero-order chi connectivity index (χ0) is 14.7. The van der Waals surface area contributed by atoms with Crippen molar-refractivity contribution in [2.24, 2.45) is 0 Å². The second-order valence-electron chi connectivity index (χ2n) is 6.82. The van der Waals surface area contributed by atoms with Crippen molar-refractivity contribution in [1.29, 1.82) is 0 Å². The van der Waals surface area contributed by atoms with Crippen LogP contribution < -0.4 is 5.32 Å². The van der Waals surface area contributed by atoms with Crippen LogP contribution in [0.4, 0.5) is 0 Å². The number of aryl methyl sites for hydroxylation is 1. The van der Waals surface area contributed by atoms with Gasteiger partial charge in [-0.3, -0.25) is 4.90 Å². The molecule has 0 bridgehead atoms. The van der Waals surface area contributed by atoms with Gasteiger partial charge in [0.2, 0.25) is 0 Å². The van der Waals surface area contributed by atoms with Crippen molar-refractivity contribution in [1.82, 2.24) is 10.2 Å². The maximum Gasteiger partial charge on any atom is 0.0481 e. The minimum Gasteiger partial charge on any atom is -0.309 e. The molecule has 1 heterocycles. The molecule has 1 aromatic rings. The Bertz CT molecular complexity index is 457. The third kappa shape index (κ3) is 3.17. The summed E-state index contributed by atoms with van der Waals surface area (Å²) in [5.74, 6) is 0. The molecule has 2 heteroatoms. The zero-order valence-electron chi connectivity index (χ0n) is 13.6. The van der Waals surface area contributed by atoms with E-state index in [4.69, 9.17) is 0 Å². The van der Waals surface area contributed by atoms with Crippen molar-refractivity contribution in [2.75, 3.05) is 13.1 Å². The van der Waals surface area contributed by atoms with Crippen LogP contribution in [0.25, 0.3) is 0 Å². The van der Waals surface area contributed by atoms with Gasteiger partial charge in [-0.05, 0) is 63.2 Å². The van der Waals surface area contributed by atoms with Crippen LogP contribution in [0, 0.1) is 0 Å². The predicted molar refractivity (Wildman–Crippen MR) is 89.6 cm³/mol. The molecule has 1 N–H and O–H groups in total. The van der Waals surface area contributed by atoms with Crippen molar-refractivity contribution < 1.29 is 0 Å². The summed E-state index contributed by atoms with van der Waals surface area (Å²) < 4.78 is 0. The molecule has 1 aliphatic heterocycles. The summed E-state index contributed by atoms with van der Waals surface area (Å²) in [6.45, 7) is 7.10. The van der Waals surface area contributed by atoms with E-state index in [1.54, 1.807) is 11.1 Å². The van der Waals surface area contributed by atoms with Gasteiger partial charge in [0.05, 0.1) is 0 Å². The maximum atomic E-state index is 3.85. The molecule has 0 radical (unpaired) electrons. The van der Waals surface area contributed by atoms with Crippen LogP contribution in [0.15, 0.2) is 24.3 Å². The standard InChI is InChI=1S/C19H30N2/c1-3-13-20-19-17-10-5-4-9-16(17)11-12-18(19)21-14-7-6-8-15(21)2/h4-5,9-10,15,18-20H,3,6-8,11-14H2,1-2H3. The van der Waals surface area contributed by atoms with E-state index in [1.165, 1.54) is 45.1 Å². The Morgan fingerprint density at radius 1 is 1.19 bits per heavy atom. The van der Waals surface area contributed by atoms with Gasteiger partial charge >= 0.3 is 0 Å². The summed E-state index contributed by atoms with van der Waals surface area (Å²) in [7, 11) is 0. The third-order valence-corrected chi connectivity index (χ3v) is 5.38. The number of likely N-dealkylation sites (tertiary alicyclic amines) is 1. The van der Waals surface area contributed by atoms with Crippen molar-refractivity contribution in [2.45, 2.75) is 70.5 Å². The fraction of sp³-hybridized carbons (Fsp3) is 0.684. The van der Waals surface area contributed by atoms with E-state index >= 15 is 0 Å². The second-order valence-corrected chi connectivity index (χ2v) is 6.82. The van der Waals surface area contributed by atoms with E-state index in [0.29, 0.717) is 12.1 Å². The lowest BCUT2D eigenvalue weighted by atomic mass is 9.81. The largest absolute Gasteiger partial charge is 0.309 e. The molecule has 2 aliphatic rings. The van der Waals surface area contributed by atoms with Crippen molar-refractivity contribution in [3.63, 3.8) is 0 Å². The molecule has 1 fully saturated rings. The number of piperidine rings is 1. The SMILES string of the molecule is CCCNC1c2ccccc2CCC1N1CCCCC1C. The van der Waals surface area contributed by atoms with Crippen LogP contribution >= 0.6 is 0 Å². The average Bonchev–Trinajstić information content (AvgIpc) is 2.53. The molecule has 1 aromatic carbocycles. The highest BCUT2D eigenvalue weighted by Crippen LogP contribution is 2.35. The molecule has 3 atom stereocenters. The molecule has 2 nitrogen and oxygen atoms in total. The number of fused-ring (bicyclic) bond motifs is 1. The van der Waals surface area contributed by atoms with E-state index in [-0.39, 0.29) is 0 Å². The summed E-state index contributed by atoms with van der Waals surface area (Å²) in [6, 6.07) is 11.0. The molecular weight excluding hydrogens is 256 g/mol. The Balaban J connectivity index is 1.85. The first-order valence-electron chi connectivity index (χ1n) is 8.88. The Morgan fingerprint density at radius 2 is 2.05 bits per heavy atom. The molecule has 1 saturated heterocycles. The number of rotatable bonds is 4. The number of nitrogens with one attached hydrogen (secondary N) is 1. The number of hydrogen-bond acceptors (Lipinski definition) is 2. The molecule has 3 unspecified atom stereocenters. The van der Waals surface area contributed by atoms with E-state index in [0.717, 1.165) is 12.6 Å². The van der Waals surface area contributed by atoms with Crippen molar-refractivity contribution >= 4 is 0 Å². The van der Waals surface area contributed by atoms with Crippen molar-refractivity contribution in [3.05, 3.63) is 35.4 Å². The number of hydrogen-bond donors (Lipinski definition) is 1. The molecule has 0 saturated carbocycles. The van der Waals surface area contributed by atoms with Gasteiger partial charge in [-0.15, -0.1) is 0 Å². The number of benzene rings is 1. The van der Waals surface area contributed by atoms with Gasteiger partial charge in [0.1, 0.15) is 0 Å². The van der Waals surface area contributed by atoms with Gasteiger partial charge in [-0.25, -0.2) is 0 Å². The summed E-state index contributed by atoms with van der Waals surface area (Å²) in [5.41, 5.74) is 3.12. The maximum absolute atomic E-state index is 3.85. The highest BCUT2D eigenvalue weighted by molar-refractivity contribution is 5.34. The fourth-order valence-electron chi connectivity index (χ4n) is 4.26. The smallest absolute Gasteiger partial charge is 0.0481 e. The van der Waals surface area contributed by atoms with Gasteiger partial charge in [-0.2, -0.15) is 0 Å². The van der Waals surface area contributed by atoms with Crippen LogP contribution in [-0.4, -0.2) is 30.1 Å². The van der Waals surface area contributed by atoms with Gasteiger partial charge in [-0.1, -0.05) is 37.6 Å². The second kappa shape index (κ2) is 6.93. The summed E-state index contributed by atoms with van der Waals surface area (Å²) in [4.78, 5) is 2.80.